The molecular formula is C15H10BrClN2O2. The summed E-state index contributed by atoms with van der Waals surface area (Å²) in [6.07, 6.45) is 0. The normalized spacial score (nSPS) is 9.76. The number of halogens is 2. The third kappa shape index (κ3) is 4.22. The van der Waals surface area contributed by atoms with Crippen molar-refractivity contribution in [2.24, 2.45) is 0 Å². The Balaban J connectivity index is 1.93. The molecule has 0 bridgehead atoms. The van der Waals surface area contributed by atoms with E-state index in [-0.39, 0.29) is 12.5 Å². The number of nitrogens with zero attached hydrogens (tertiary/aromatic N) is 1. The summed E-state index contributed by atoms with van der Waals surface area (Å²) < 4.78 is 5.96. The minimum absolute atomic E-state index is 0.134. The Morgan fingerprint density at radius 1 is 1.29 bits per heavy atom. The maximum absolute atomic E-state index is 11.8. The zero-order valence-corrected chi connectivity index (χ0v) is 13.1. The molecule has 106 valence electrons. The van der Waals surface area contributed by atoms with Crippen LogP contribution in [0, 0.1) is 11.3 Å². The molecule has 21 heavy (non-hydrogen) atoms. The molecular weight excluding hydrogens is 356 g/mol. The van der Waals surface area contributed by atoms with Gasteiger partial charge in [-0.2, -0.15) is 5.26 Å². The molecule has 0 aliphatic carbocycles. The summed E-state index contributed by atoms with van der Waals surface area (Å²) in [5.41, 5.74) is 1.12. The first-order chi connectivity index (χ1) is 10.1. The fourth-order valence-corrected chi connectivity index (χ4v) is 2.10. The summed E-state index contributed by atoms with van der Waals surface area (Å²) in [6.45, 7) is -0.134. The van der Waals surface area contributed by atoms with Crippen LogP contribution in [0.5, 0.6) is 5.75 Å². The van der Waals surface area contributed by atoms with Crippen molar-refractivity contribution in [1.29, 1.82) is 5.26 Å². The molecule has 2 aromatic carbocycles. The number of amides is 1. The highest BCUT2D eigenvalue weighted by Gasteiger charge is 2.08. The third-order valence-corrected chi connectivity index (χ3v) is 3.98. The van der Waals surface area contributed by atoms with Crippen molar-refractivity contribution in [3.8, 4) is 11.8 Å². The average Bonchev–Trinajstić information content (AvgIpc) is 2.50. The standard InChI is InChI=1S/C15H10BrClN2O2/c16-15-12(17)2-1-3-13(15)19-14(20)9-21-11-6-4-10(8-18)5-7-11/h1-7H,9H2,(H,19,20). The van der Waals surface area contributed by atoms with Crippen LogP contribution in [0.15, 0.2) is 46.9 Å². The van der Waals surface area contributed by atoms with Gasteiger partial charge in [-0.25, -0.2) is 0 Å². The number of carbonyl (C=O) groups is 1. The van der Waals surface area contributed by atoms with Crippen molar-refractivity contribution in [2.45, 2.75) is 0 Å². The minimum Gasteiger partial charge on any atom is -0.484 e. The van der Waals surface area contributed by atoms with Crippen LogP contribution < -0.4 is 10.1 Å². The van der Waals surface area contributed by atoms with Crippen molar-refractivity contribution >= 4 is 39.1 Å². The Hall–Kier alpha value is -2.03. The van der Waals surface area contributed by atoms with E-state index in [9.17, 15) is 4.79 Å². The van der Waals surface area contributed by atoms with Gasteiger partial charge in [-0.1, -0.05) is 17.7 Å². The molecule has 2 rings (SSSR count). The molecule has 0 saturated heterocycles. The maximum atomic E-state index is 11.8. The van der Waals surface area contributed by atoms with Crippen LogP contribution in [-0.4, -0.2) is 12.5 Å². The maximum Gasteiger partial charge on any atom is 0.262 e. The van der Waals surface area contributed by atoms with Crippen LogP contribution in [0.3, 0.4) is 0 Å². The minimum atomic E-state index is -0.303. The number of hydrogen-bond acceptors (Lipinski definition) is 3. The molecule has 0 aromatic heterocycles. The lowest BCUT2D eigenvalue weighted by Crippen LogP contribution is -2.20. The molecule has 1 amide bonds. The second-order valence-corrected chi connectivity index (χ2v) is 5.27. The van der Waals surface area contributed by atoms with E-state index < -0.39 is 0 Å². The Bertz CT molecular complexity index is 696. The Kier molecular flexibility index (Phi) is 5.20. The highest BCUT2D eigenvalue weighted by molar-refractivity contribution is 9.10. The molecule has 0 aliphatic rings. The summed E-state index contributed by atoms with van der Waals surface area (Å²) >= 11 is 9.25. The van der Waals surface area contributed by atoms with Gasteiger partial charge >= 0.3 is 0 Å². The van der Waals surface area contributed by atoms with Crippen LogP contribution in [0.1, 0.15) is 5.56 Å². The lowest BCUT2D eigenvalue weighted by Gasteiger charge is -2.09. The Labute approximate surface area is 135 Å². The topological polar surface area (TPSA) is 62.1 Å². The zero-order valence-electron chi connectivity index (χ0n) is 10.8. The van der Waals surface area contributed by atoms with Crippen LogP contribution in [0.25, 0.3) is 0 Å². The summed E-state index contributed by atoms with van der Waals surface area (Å²) in [5, 5.41) is 11.9. The van der Waals surface area contributed by atoms with Crippen LogP contribution in [0.2, 0.25) is 5.02 Å². The summed E-state index contributed by atoms with van der Waals surface area (Å²) in [5.74, 6) is 0.219. The number of hydrogen-bond donors (Lipinski definition) is 1. The second kappa shape index (κ2) is 7.11. The molecule has 0 atom stereocenters. The molecule has 0 heterocycles. The fraction of sp³-hybridized carbons (Fsp3) is 0.0667. The van der Waals surface area contributed by atoms with Gasteiger partial charge in [0.1, 0.15) is 5.75 Å². The highest BCUT2D eigenvalue weighted by atomic mass is 79.9. The van der Waals surface area contributed by atoms with Gasteiger partial charge in [-0.15, -0.1) is 0 Å². The van der Waals surface area contributed by atoms with Crippen molar-refractivity contribution < 1.29 is 9.53 Å². The van der Waals surface area contributed by atoms with E-state index >= 15 is 0 Å². The van der Waals surface area contributed by atoms with Crippen LogP contribution >= 0.6 is 27.5 Å². The number of anilines is 1. The number of nitriles is 1. The molecule has 4 nitrogen and oxygen atoms in total. The van der Waals surface area contributed by atoms with Gasteiger partial charge in [0.2, 0.25) is 0 Å². The Morgan fingerprint density at radius 2 is 2.00 bits per heavy atom. The smallest absolute Gasteiger partial charge is 0.262 e. The van der Waals surface area contributed by atoms with Gasteiger partial charge in [0.25, 0.3) is 5.91 Å². The molecule has 1 N–H and O–H groups in total. The molecule has 6 heteroatoms. The van der Waals surface area contributed by atoms with Crippen LogP contribution in [-0.2, 0) is 4.79 Å². The molecule has 0 fully saturated rings. The number of carbonyl (C=O) groups excluding carboxylic acids is 1. The van der Waals surface area contributed by atoms with E-state index in [0.717, 1.165) is 0 Å². The van der Waals surface area contributed by atoms with Gasteiger partial charge in [-0.3, -0.25) is 4.79 Å². The Morgan fingerprint density at radius 3 is 2.67 bits per heavy atom. The quantitative estimate of drug-likeness (QED) is 0.891. The van der Waals surface area contributed by atoms with Gasteiger partial charge in [0.05, 0.1) is 26.8 Å². The molecule has 2 aromatic rings. The van der Waals surface area contributed by atoms with E-state index in [1.807, 2.05) is 6.07 Å². The zero-order chi connectivity index (χ0) is 15.2. The van der Waals surface area contributed by atoms with Crippen molar-refractivity contribution in [1.82, 2.24) is 0 Å². The monoisotopic (exact) mass is 364 g/mol. The van der Waals surface area contributed by atoms with Gasteiger partial charge in [0.15, 0.2) is 6.61 Å². The first-order valence-corrected chi connectivity index (χ1v) is 7.14. The molecule has 0 saturated carbocycles. The van der Waals surface area contributed by atoms with E-state index in [4.69, 9.17) is 21.6 Å². The summed E-state index contributed by atoms with van der Waals surface area (Å²) in [6, 6.07) is 13.7. The predicted octanol–water partition coefficient (Wildman–Crippen LogP) is 3.99. The molecule has 0 radical (unpaired) electrons. The van der Waals surface area contributed by atoms with E-state index in [1.54, 1.807) is 42.5 Å². The van der Waals surface area contributed by atoms with Gasteiger partial charge in [-0.05, 0) is 52.3 Å². The summed E-state index contributed by atoms with van der Waals surface area (Å²) in [4.78, 5) is 11.8. The fourth-order valence-electron chi connectivity index (χ4n) is 1.56. The number of ether oxygens (including phenoxy) is 1. The molecule has 0 unspecified atom stereocenters. The lowest BCUT2D eigenvalue weighted by molar-refractivity contribution is -0.118. The van der Waals surface area contributed by atoms with Crippen molar-refractivity contribution in [3.63, 3.8) is 0 Å². The average molecular weight is 366 g/mol. The first-order valence-electron chi connectivity index (χ1n) is 5.97. The number of nitrogens with one attached hydrogen (secondary N) is 1. The van der Waals surface area contributed by atoms with Gasteiger partial charge in [0, 0.05) is 0 Å². The highest BCUT2D eigenvalue weighted by Crippen LogP contribution is 2.29. The van der Waals surface area contributed by atoms with Crippen LogP contribution in [0.4, 0.5) is 5.69 Å². The largest absolute Gasteiger partial charge is 0.484 e. The SMILES string of the molecule is N#Cc1ccc(OCC(=O)Nc2cccc(Cl)c2Br)cc1. The first kappa shape index (κ1) is 15.4. The predicted molar refractivity (Wildman–Crippen MR) is 84.4 cm³/mol. The van der Waals surface area contributed by atoms with Crippen molar-refractivity contribution in [3.05, 3.63) is 57.5 Å². The van der Waals surface area contributed by atoms with Crippen molar-refractivity contribution in [2.75, 3.05) is 11.9 Å². The van der Waals surface area contributed by atoms with E-state index in [2.05, 4.69) is 21.2 Å². The van der Waals surface area contributed by atoms with E-state index in [1.165, 1.54) is 0 Å². The third-order valence-electron chi connectivity index (χ3n) is 2.58. The number of rotatable bonds is 4. The second-order valence-electron chi connectivity index (χ2n) is 4.07. The van der Waals surface area contributed by atoms with Gasteiger partial charge < -0.3 is 10.1 Å². The molecule has 0 aliphatic heterocycles. The molecule has 0 spiro atoms. The lowest BCUT2D eigenvalue weighted by atomic mass is 10.2. The van der Waals surface area contributed by atoms with E-state index in [0.29, 0.717) is 26.5 Å². The number of benzene rings is 2. The summed E-state index contributed by atoms with van der Waals surface area (Å²) in [7, 11) is 0.